The van der Waals surface area contributed by atoms with Gasteiger partial charge in [0.25, 0.3) is 5.56 Å². The summed E-state index contributed by atoms with van der Waals surface area (Å²) in [6, 6.07) is 5.81. The van der Waals surface area contributed by atoms with Gasteiger partial charge >= 0.3 is 0 Å². The van der Waals surface area contributed by atoms with Crippen molar-refractivity contribution >= 4 is 39.4 Å². The average molecular weight is 322 g/mol. The molecule has 2 rings (SSSR count). The van der Waals surface area contributed by atoms with Crippen LogP contribution in [0.2, 0.25) is 0 Å². The van der Waals surface area contributed by atoms with Gasteiger partial charge in [-0.15, -0.1) is 11.3 Å². The monoisotopic (exact) mass is 321 g/mol. The molecule has 90 valence electrons. The minimum Gasteiger partial charge on any atom is -0.267 e. The second-order valence-corrected chi connectivity index (χ2v) is 6.02. The van der Waals surface area contributed by atoms with E-state index in [1.807, 2.05) is 24.3 Å². The van der Waals surface area contributed by atoms with Gasteiger partial charge in [-0.25, -0.2) is 5.10 Å². The van der Waals surface area contributed by atoms with Gasteiger partial charge in [0.1, 0.15) is 11.6 Å². The maximum absolute atomic E-state index is 11.3. The molecule has 0 saturated heterocycles. The van der Waals surface area contributed by atoms with E-state index in [1.165, 1.54) is 0 Å². The van der Waals surface area contributed by atoms with Crippen molar-refractivity contribution in [1.29, 1.82) is 5.26 Å². The Morgan fingerprint density at radius 3 is 2.89 bits per heavy atom. The molecule has 0 aliphatic rings. The van der Waals surface area contributed by atoms with Crippen LogP contribution in [0, 0.1) is 18.3 Å². The standard InChI is InChI=1S/C12H8BrN3OS/c1-7-9(6-14)12(17)16-15-10(7)4-2-8-3-5-11(13)18-8/h2-5H,1H3,(H,16,17)/b4-2+. The lowest BCUT2D eigenvalue weighted by atomic mass is 10.1. The zero-order valence-corrected chi connectivity index (χ0v) is 11.8. The Morgan fingerprint density at radius 2 is 2.28 bits per heavy atom. The zero-order chi connectivity index (χ0) is 13.1. The molecule has 0 bridgehead atoms. The molecule has 0 unspecified atom stereocenters. The van der Waals surface area contributed by atoms with Crippen LogP contribution in [-0.4, -0.2) is 10.2 Å². The highest BCUT2D eigenvalue weighted by Gasteiger charge is 2.07. The maximum atomic E-state index is 11.3. The molecule has 0 aromatic carbocycles. The van der Waals surface area contributed by atoms with Crippen molar-refractivity contribution in [3.05, 3.63) is 48.0 Å². The second-order valence-electron chi connectivity index (χ2n) is 3.52. The van der Waals surface area contributed by atoms with E-state index in [2.05, 4.69) is 26.1 Å². The van der Waals surface area contributed by atoms with Crippen LogP contribution in [-0.2, 0) is 0 Å². The van der Waals surface area contributed by atoms with Gasteiger partial charge in [0, 0.05) is 4.88 Å². The molecule has 0 spiro atoms. The van der Waals surface area contributed by atoms with Gasteiger partial charge in [0.05, 0.1) is 9.48 Å². The predicted octanol–water partition coefficient (Wildman–Crippen LogP) is 2.94. The number of thiophene rings is 1. The number of hydrogen-bond donors (Lipinski definition) is 1. The van der Waals surface area contributed by atoms with Crippen LogP contribution in [0.3, 0.4) is 0 Å². The van der Waals surface area contributed by atoms with Gasteiger partial charge in [-0.3, -0.25) is 4.79 Å². The largest absolute Gasteiger partial charge is 0.282 e. The summed E-state index contributed by atoms with van der Waals surface area (Å²) in [7, 11) is 0. The molecule has 4 nitrogen and oxygen atoms in total. The van der Waals surface area contributed by atoms with Crippen molar-refractivity contribution in [2.45, 2.75) is 6.92 Å². The topological polar surface area (TPSA) is 69.5 Å². The van der Waals surface area contributed by atoms with Crippen molar-refractivity contribution < 1.29 is 0 Å². The highest BCUT2D eigenvalue weighted by molar-refractivity contribution is 9.11. The number of aromatic amines is 1. The Balaban J connectivity index is 2.39. The van der Waals surface area contributed by atoms with Crippen molar-refractivity contribution in [3.63, 3.8) is 0 Å². The molecule has 0 saturated carbocycles. The van der Waals surface area contributed by atoms with E-state index >= 15 is 0 Å². The van der Waals surface area contributed by atoms with Crippen LogP contribution in [0.15, 0.2) is 20.7 Å². The zero-order valence-electron chi connectivity index (χ0n) is 9.40. The molecule has 2 aromatic rings. The summed E-state index contributed by atoms with van der Waals surface area (Å²) < 4.78 is 1.05. The van der Waals surface area contributed by atoms with E-state index in [1.54, 1.807) is 24.3 Å². The number of H-pyrrole nitrogens is 1. The van der Waals surface area contributed by atoms with Crippen molar-refractivity contribution in [3.8, 4) is 6.07 Å². The molecule has 18 heavy (non-hydrogen) atoms. The summed E-state index contributed by atoms with van der Waals surface area (Å²) in [4.78, 5) is 12.4. The lowest BCUT2D eigenvalue weighted by Crippen LogP contribution is -2.15. The molecule has 0 amide bonds. The van der Waals surface area contributed by atoms with Gasteiger partial charge in [-0.1, -0.05) is 0 Å². The van der Waals surface area contributed by atoms with Gasteiger partial charge in [0.15, 0.2) is 0 Å². The molecular weight excluding hydrogens is 314 g/mol. The fraction of sp³-hybridized carbons (Fsp3) is 0.0833. The second kappa shape index (κ2) is 5.29. The van der Waals surface area contributed by atoms with Crippen molar-refractivity contribution in [1.82, 2.24) is 10.2 Å². The van der Waals surface area contributed by atoms with E-state index in [9.17, 15) is 4.79 Å². The maximum Gasteiger partial charge on any atom is 0.282 e. The number of halogens is 1. The molecule has 0 fully saturated rings. The Morgan fingerprint density at radius 1 is 1.50 bits per heavy atom. The van der Waals surface area contributed by atoms with Gasteiger partial charge in [-0.05, 0) is 52.7 Å². The summed E-state index contributed by atoms with van der Waals surface area (Å²) in [5.41, 5.74) is 0.840. The summed E-state index contributed by atoms with van der Waals surface area (Å²) in [5.74, 6) is 0. The third-order valence-electron chi connectivity index (χ3n) is 2.38. The van der Waals surface area contributed by atoms with Crippen LogP contribution >= 0.6 is 27.3 Å². The summed E-state index contributed by atoms with van der Waals surface area (Å²) in [6.07, 6.45) is 3.68. The molecule has 2 aromatic heterocycles. The number of nitrogens with one attached hydrogen (secondary N) is 1. The normalized spacial score (nSPS) is 10.7. The first-order chi connectivity index (χ1) is 8.61. The SMILES string of the molecule is Cc1c(/C=C/c2ccc(Br)s2)n[nH]c(=O)c1C#N. The minimum absolute atomic E-state index is 0.108. The molecule has 2 heterocycles. The van der Waals surface area contributed by atoms with E-state index in [4.69, 9.17) is 5.26 Å². The summed E-state index contributed by atoms with van der Waals surface area (Å²) >= 11 is 4.97. The number of nitriles is 1. The number of hydrogen-bond acceptors (Lipinski definition) is 4. The van der Waals surface area contributed by atoms with E-state index in [0.29, 0.717) is 11.3 Å². The van der Waals surface area contributed by atoms with Gasteiger partial charge < -0.3 is 0 Å². The Bertz CT molecular complexity index is 709. The van der Waals surface area contributed by atoms with Crippen molar-refractivity contribution in [2.24, 2.45) is 0 Å². The Labute approximate surface area is 116 Å². The van der Waals surface area contributed by atoms with Crippen LogP contribution < -0.4 is 5.56 Å². The van der Waals surface area contributed by atoms with Crippen LogP contribution in [0.25, 0.3) is 12.2 Å². The number of rotatable bonds is 2. The van der Waals surface area contributed by atoms with Crippen molar-refractivity contribution in [2.75, 3.05) is 0 Å². The number of nitrogens with zero attached hydrogens (tertiary/aromatic N) is 2. The summed E-state index contributed by atoms with van der Waals surface area (Å²) in [6.45, 7) is 1.71. The van der Waals surface area contributed by atoms with E-state index < -0.39 is 5.56 Å². The lowest BCUT2D eigenvalue weighted by molar-refractivity contribution is 0.953. The van der Waals surface area contributed by atoms with E-state index in [0.717, 1.165) is 8.66 Å². The van der Waals surface area contributed by atoms with Crippen LogP contribution in [0.1, 0.15) is 21.7 Å². The average Bonchev–Trinajstić information content (AvgIpc) is 2.75. The van der Waals surface area contributed by atoms with E-state index in [-0.39, 0.29) is 5.56 Å². The molecule has 1 N–H and O–H groups in total. The quantitative estimate of drug-likeness (QED) is 0.924. The van der Waals surface area contributed by atoms with Crippen LogP contribution in [0.5, 0.6) is 0 Å². The summed E-state index contributed by atoms with van der Waals surface area (Å²) in [5, 5.41) is 15.1. The smallest absolute Gasteiger partial charge is 0.267 e. The Hall–Kier alpha value is -1.71. The van der Waals surface area contributed by atoms with Gasteiger partial charge in [-0.2, -0.15) is 10.4 Å². The molecule has 0 atom stereocenters. The first kappa shape index (κ1) is 12.7. The Kier molecular flexibility index (Phi) is 3.75. The molecule has 6 heteroatoms. The molecule has 0 radical (unpaired) electrons. The third kappa shape index (κ3) is 2.58. The fourth-order valence-corrected chi connectivity index (χ4v) is 2.75. The minimum atomic E-state index is -0.453. The molecule has 0 aliphatic carbocycles. The lowest BCUT2D eigenvalue weighted by Gasteiger charge is -1.99. The third-order valence-corrected chi connectivity index (χ3v) is 3.96. The predicted molar refractivity (Wildman–Crippen MR) is 75.3 cm³/mol. The van der Waals surface area contributed by atoms with Gasteiger partial charge in [0.2, 0.25) is 0 Å². The highest BCUT2D eigenvalue weighted by Crippen LogP contribution is 2.23. The number of aromatic nitrogens is 2. The highest BCUT2D eigenvalue weighted by atomic mass is 79.9. The first-order valence-corrected chi connectivity index (χ1v) is 6.65. The molecular formula is C12H8BrN3OS. The molecule has 0 aliphatic heterocycles. The van der Waals surface area contributed by atoms with Crippen LogP contribution in [0.4, 0.5) is 0 Å². The first-order valence-electron chi connectivity index (χ1n) is 5.04. The fourth-order valence-electron chi connectivity index (χ4n) is 1.42.